The van der Waals surface area contributed by atoms with Crippen molar-refractivity contribution in [2.24, 2.45) is 11.7 Å². The van der Waals surface area contributed by atoms with E-state index < -0.39 is 43.2 Å². The number of H-pyrrole nitrogens is 2. The number of carboxylic acid groups (broad SMARTS) is 2. The Morgan fingerprint density at radius 3 is 2.07 bits per heavy atom. The van der Waals surface area contributed by atoms with Gasteiger partial charge in [0.2, 0.25) is 5.95 Å². The number of carbonyl (C=O) groups is 3. The van der Waals surface area contributed by atoms with Gasteiger partial charge in [0.25, 0.3) is 5.56 Å². The van der Waals surface area contributed by atoms with Gasteiger partial charge >= 0.3 is 11.9 Å². The Kier molecular flexibility index (Phi) is 13.7. The van der Waals surface area contributed by atoms with E-state index in [2.05, 4.69) is 15.0 Å². The van der Waals surface area contributed by atoms with Crippen molar-refractivity contribution < 1.29 is 39.9 Å². The van der Waals surface area contributed by atoms with Gasteiger partial charge in [0, 0.05) is 24.1 Å². The van der Waals surface area contributed by atoms with Gasteiger partial charge < -0.3 is 42.0 Å². The first kappa shape index (κ1) is 35.3. The number of aliphatic hydroxyl groups is 3. The Morgan fingerprint density at radius 1 is 1.00 bits per heavy atom. The first-order chi connectivity index (χ1) is 18.8. The minimum Gasteiger partial charge on any atom is -0.481 e. The zero-order valence-electron chi connectivity index (χ0n) is 22.5. The number of nitrogens with zero attached hydrogens (tertiary/aromatic N) is 1. The summed E-state index contributed by atoms with van der Waals surface area (Å²) in [5, 5.41) is 43.5. The van der Waals surface area contributed by atoms with Crippen molar-refractivity contribution in [3.63, 3.8) is 0 Å². The van der Waals surface area contributed by atoms with Gasteiger partial charge in [-0.05, 0) is 37.3 Å². The van der Waals surface area contributed by atoms with E-state index in [9.17, 15) is 24.3 Å². The molecule has 0 saturated carbocycles. The molecule has 0 saturated heterocycles. The van der Waals surface area contributed by atoms with E-state index in [1.807, 2.05) is 6.92 Å². The quantitative estimate of drug-likeness (QED) is 0.117. The maximum atomic E-state index is 12.4. The molecule has 0 bridgehead atoms. The monoisotopic (exact) mass is 595 g/mol. The molecule has 3 rings (SSSR count). The number of carbonyl (C=O) groups excluding carboxylic acids is 1. The second kappa shape index (κ2) is 15.9. The third-order valence-electron chi connectivity index (χ3n) is 6.37. The van der Waals surface area contributed by atoms with Crippen LogP contribution in [0.5, 0.6) is 0 Å². The van der Waals surface area contributed by atoms with Gasteiger partial charge in [-0.15, -0.1) is 0 Å². The maximum Gasteiger partial charge on any atom is 0.306 e. The van der Waals surface area contributed by atoms with Crippen molar-refractivity contribution in [3.05, 3.63) is 57.0 Å². The fourth-order valence-corrected chi connectivity index (χ4v) is 3.84. The highest BCUT2D eigenvalue weighted by Crippen LogP contribution is 2.21. The van der Waals surface area contributed by atoms with Crippen LogP contribution in [0, 0.1) is 12.8 Å². The van der Waals surface area contributed by atoms with Crippen LogP contribution in [-0.2, 0) is 22.4 Å². The summed E-state index contributed by atoms with van der Waals surface area (Å²) in [6.07, 6.45) is 0.529. The molecule has 0 radical (unpaired) electrons. The van der Waals surface area contributed by atoms with Crippen molar-refractivity contribution in [1.29, 1.82) is 0 Å². The molecule has 0 aliphatic rings. The molecule has 15 heteroatoms. The molecule has 41 heavy (non-hydrogen) atoms. The highest BCUT2D eigenvalue weighted by Gasteiger charge is 2.23. The number of aryl methyl sites for hydroxylation is 3. The second-order valence-electron chi connectivity index (χ2n) is 9.53. The molecule has 14 nitrogen and oxygen atoms in total. The van der Waals surface area contributed by atoms with E-state index in [1.54, 1.807) is 24.3 Å². The van der Waals surface area contributed by atoms with E-state index >= 15 is 0 Å². The molecule has 2 aromatic heterocycles. The first-order valence-electron chi connectivity index (χ1n) is 12.4. The summed E-state index contributed by atoms with van der Waals surface area (Å²) in [5.74, 6) is -3.62. The molecule has 0 unspecified atom stereocenters. The standard InChI is InChI=1S/C22H24N4O6.C4H11NO3.H2S/c1-11-15(18-19(24-11)25-22(23)26-20(18)30)8-4-12-2-5-13(6-3-12)16(27)10-14(21(31)32)7-9-17(28)29;5-4(1-6,2-7)3-8;/h2-3,5-6,14H,4,7-10H2,1H3,(H,28,29)(H,31,32)(H4,23,24,25,26,30);6-8H,1-3,5H2;1H2/t14-;;/m1../s1. The summed E-state index contributed by atoms with van der Waals surface area (Å²) in [7, 11) is 0. The van der Waals surface area contributed by atoms with Crippen molar-refractivity contribution in [2.45, 2.75) is 44.6 Å². The van der Waals surface area contributed by atoms with Gasteiger partial charge in [-0.1, -0.05) is 24.3 Å². The number of nitrogens with one attached hydrogen (secondary N) is 2. The van der Waals surface area contributed by atoms with Crippen LogP contribution in [0.2, 0.25) is 0 Å². The Balaban J connectivity index is 0.000000818. The molecule has 2 heterocycles. The lowest BCUT2D eigenvalue weighted by molar-refractivity contribution is -0.142. The molecule has 0 fully saturated rings. The van der Waals surface area contributed by atoms with Crippen molar-refractivity contribution in [3.8, 4) is 0 Å². The van der Waals surface area contributed by atoms with Crippen LogP contribution in [-0.4, -0.2) is 83.6 Å². The summed E-state index contributed by atoms with van der Waals surface area (Å²) >= 11 is 0. The number of aliphatic hydroxyl groups excluding tert-OH is 3. The normalized spacial score (nSPS) is 11.7. The highest BCUT2D eigenvalue weighted by atomic mass is 32.1. The number of aromatic nitrogens is 3. The van der Waals surface area contributed by atoms with Gasteiger partial charge in [0.15, 0.2) is 5.78 Å². The van der Waals surface area contributed by atoms with E-state index in [4.69, 9.17) is 31.9 Å². The molecular formula is C26H37N5O9S. The molecule has 11 N–H and O–H groups in total. The van der Waals surface area contributed by atoms with Crippen LogP contribution in [0.1, 0.15) is 46.4 Å². The number of nitrogen functional groups attached to an aromatic ring is 1. The third kappa shape index (κ3) is 9.98. The summed E-state index contributed by atoms with van der Waals surface area (Å²) < 4.78 is 0. The molecule has 1 aromatic carbocycles. The van der Waals surface area contributed by atoms with Gasteiger partial charge in [-0.25, -0.2) is 0 Å². The molecule has 3 aromatic rings. The minimum atomic E-state index is -1.21. The average molecular weight is 596 g/mol. The maximum absolute atomic E-state index is 12.4. The molecule has 1 atom stereocenters. The number of aliphatic carboxylic acids is 2. The number of hydrogen-bond donors (Lipinski definition) is 9. The van der Waals surface area contributed by atoms with Crippen LogP contribution in [0.15, 0.2) is 29.1 Å². The molecular weight excluding hydrogens is 558 g/mol. The second-order valence-corrected chi connectivity index (χ2v) is 9.53. The van der Waals surface area contributed by atoms with Crippen molar-refractivity contribution >= 4 is 48.2 Å². The Morgan fingerprint density at radius 2 is 1.59 bits per heavy atom. The zero-order valence-corrected chi connectivity index (χ0v) is 23.5. The Labute approximate surface area is 241 Å². The van der Waals surface area contributed by atoms with Crippen LogP contribution < -0.4 is 17.0 Å². The predicted molar refractivity (Wildman–Crippen MR) is 155 cm³/mol. The van der Waals surface area contributed by atoms with E-state index in [0.717, 1.165) is 16.8 Å². The SMILES string of the molecule is Cc1[nH]c2nc(N)[nH]c(=O)c2c1CCc1ccc(C(=O)C[C@@H](CCC(=O)O)C(=O)O)cc1.NC(CO)(CO)CO.S. The average Bonchev–Trinajstić information content (AvgIpc) is 3.24. The fourth-order valence-electron chi connectivity index (χ4n) is 3.84. The highest BCUT2D eigenvalue weighted by molar-refractivity contribution is 7.59. The number of anilines is 1. The third-order valence-corrected chi connectivity index (χ3v) is 6.37. The van der Waals surface area contributed by atoms with Crippen LogP contribution in [0.3, 0.4) is 0 Å². The van der Waals surface area contributed by atoms with Crippen molar-refractivity contribution in [2.75, 3.05) is 25.6 Å². The summed E-state index contributed by atoms with van der Waals surface area (Å²) in [4.78, 5) is 56.4. The summed E-state index contributed by atoms with van der Waals surface area (Å²) in [5.41, 5.74) is 12.7. The minimum absolute atomic E-state index is 0. The number of rotatable bonds is 13. The number of Topliss-reactive ketones (excluding diaryl/α,β-unsaturated/α-hetero) is 1. The molecule has 0 aliphatic carbocycles. The Bertz CT molecular complexity index is 1380. The molecule has 0 aliphatic heterocycles. The number of ketones is 1. The van der Waals surface area contributed by atoms with Crippen LogP contribution in [0.4, 0.5) is 5.95 Å². The number of fused-ring (bicyclic) bond motifs is 1. The van der Waals surface area contributed by atoms with E-state index in [-0.39, 0.29) is 50.0 Å². The summed E-state index contributed by atoms with van der Waals surface area (Å²) in [6.45, 7) is 0.650. The largest absolute Gasteiger partial charge is 0.481 e. The van der Waals surface area contributed by atoms with Crippen molar-refractivity contribution in [1.82, 2.24) is 15.0 Å². The van der Waals surface area contributed by atoms with Crippen LogP contribution >= 0.6 is 13.5 Å². The van der Waals surface area contributed by atoms with Gasteiger partial charge in [0.05, 0.1) is 36.7 Å². The Hall–Kier alpha value is -3.76. The molecule has 0 amide bonds. The lowest BCUT2D eigenvalue weighted by Crippen LogP contribution is -2.50. The molecule has 0 spiro atoms. The van der Waals surface area contributed by atoms with Gasteiger partial charge in [0.1, 0.15) is 5.65 Å². The number of hydrogen-bond acceptors (Lipinski definition) is 10. The number of aromatic amines is 2. The van der Waals surface area contributed by atoms with E-state index in [0.29, 0.717) is 29.4 Å². The zero-order chi connectivity index (χ0) is 30.0. The lowest BCUT2D eigenvalue weighted by Gasteiger charge is -2.20. The van der Waals surface area contributed by atoms with Gasteiger partial charge in [-0.3, -0.25) is 24.2 Å². The topological polar surface area (TPSA) is 266 Å². The number of carboxylic acids is 2. The summed E-state index contributed by atoms with van der Waals surface area (Å²) in [6, 6.07) is 6.83. The molecule has 226 valence electrons. The lowest BCUT2D eigenvalue weighted by atomic mass is 9.93. The van der Waals surface area contributed by atoms with Gasteiger partial charge in [-0.2, -0.15) is 18.5 Å². The number of benzene rings is 1. The smallest absolute Gasteiger partial charge is 0.306 e. The number of nitrogens with two attached hydrogens (primary N) is 2. The van der Waals surface area contributed by atoms with E-state index in [1.165, 1.54) is 0 Å². The fraction of sp³-hybridized carbons (Fsp3) is 0.423. The first-order valence-corrected chi connectivity index (χ1v) is 12.4. The predicted octanol–water partition coefficient (Wildman–Crippen LogP) is -0.161. The van der Waals surface area contributed by atoms with Crippen LogP contribution in [0.25, 0.3) is 11.0 Å².